The molecule has 2 rings (SSSR count). The molecule has 2 aromatic carbocycles. The van der Waals surface area contributed by atoms with E-state index in [4.69, 9.17) is 4.74 Å². The second-order valence-electron chi connectivity index (χ2n) is 5.19. The van der Waals surface area contributed by atoms with E-state index >= 15 is 0 Å². The van der Waals surface area contributed by atoms with Crippen LogP contribution < -0.4 is 5.32 Å². The summed E-state index contributed by atoms with van der Waals surface area (Å²) < 4.78 is 31.1. The Bertz CT molecular complexity index is 699. The van der Waals surface area contributed by atoms with Crippen LogP contribution in [-0.4, -0.2) is 18.5 Å². The van der Waals surface area contributed by atoms with Crippen molar-refractivity contribution in [2.75, 3.05) is 11.9 Å². The molecule has 4 nitrogen and oxygen atoms in total. The lowest BCUT2D eigenvalue weighted by Gasteiger charge is -2.14. The molecule has 0 saturated heterocycles. The molecular weight excluding hydrogens is 316 g/mol. The maximum Gasteiger partial charge on any atom is 0.313 e. The van der Waals surface area contributed by atoms with Gasteiger partial charge in [-0.25, -0.2) is 8.78 Å². The molecule has 0 bridgehead atoms. The van der Waals surface area contributed by atoms with E-state index in [-0.39, 0.29) is 5.69 Å². The minimum absolute atomic E-state index is 0.0383. The smallest absolute Gasteiger partial charge is 0.313 e. The number of carbonyl (C=O) groups excluding carboxylic acids is 2. The van der Waals surface area contributed by atoms with Crippen molar-refractivity contribution in [1.82, 2.24) is 0 Å². The van der Waals surface area contributed by atoms with Crippen molar-refractivity contribution in [1.29, 1.82) is 0 Å². The van der Waals surface area contributed by atoms with Gasteiger partial charge in [0.05, 0.1) is 5.92 Å². The number of ether oxygens (including phenoxy) is 1. The Kier molecular flexibility index (Phi) is 6.01. The highest BCUT2D eigenvalue weighted by atomic mass is 19.1. The third-order valence-corrected chi connectivity index (χ3v) is 3.39. The molecule has 0 fully saturated rings. The molecule has 6 heteroatoms. The summed E-state index contributed by atoms with van der Waals surface area (Å²) >= 11 is 0. The summed E-state index contributed by atoms with van der Waals surface area (Å²) in [4.78, 5) is 23.9. The Balaban J connectivity index is 1.91. The van der Waals surface area contributed by atoms with Gasteiger partial charge in [-0.15, -0.1) is 0 Å². The van der Waals surface area contributed by atoms with Crippen molar-refractivity contribution < 1.29 is 23.1 Å². The number of carbonyl (C=O) groups is 2. The predicted octanol–water partition coefficient (Wildman–Crippen LogP) is 3.64. The summed E-state index contributed by atoms with van der Waals surface area (Å²) in [5.74, 6) is -3.28. The fourth-order valence-corrected chi connectivity index (χ4v) is 2.28. The minimum atomic E-state index is -0.808. The van der Waals surface area contributed by atoms with Crippen LogP contribution in [0.15, 0.2) is 48.5 Å². The van der Waals surface area contributed by atoms with Crippen molar-refractivity contribution in [2.45, 2.75) is 19.3 Å². The first-order chi connectivity index (χ1) is 11.5. The number of amides is 1. The van der Waals surface area contributed by atoms with Crippen LogP contribution >= 0.6 is 0 Å². The van der Waals surface area contributed by atoms with E-state index in [9.17, 15) is 18.4 Å². The molecule has 0 saturated carbocycles. The molecule has 0 spiro atoms. The van der Waals surface area contributed by atoms with Crippen LogP contribution in [0.25, 0.3) is 0 Å². The van der Waals surface area contributed by atoms with Gasteiger partial charge in [0.25, 0.3) is 5.91 Å². The number of nitrogens with one attached hydrogen (secondary N) is 1. The Morgan fingerprint density at radius 1 is 1.08 bits per heavy atom. The molecule has 0 aromatic heterocycles. The Morgan fingerprint density at radius 2 is 1.71 bits per heavy atom. The van der Waals surface area contributed by atoms with E-state index in [2.05, 4.69) is 5.32 Å². The van der Waals surface area contributed by atoms with Gasteiger partial charge in [-0.1, -0.05) is 37.3 Å². The lowest BCUT2D eigenvalue weighted by molar-refractivity contribution is -0.149. The van der Waals surface area contributed by atoms with Gasteiger partial charge in [-0.05, 0) is 24.1 Å². The van der Waals surface area contributed by atoms with Crippen molar-refractivity contribution >= 4 is 17.6 Å². The first-order valence-corrected chi connectivity index (χ1v) is 7.47. The highest BCUT2D eigenvalue weighted by Gasteiger charge is 2.21. The maximum atomic E-state index is 13.1. The molecule has 0 radical (unpaired) electrons. The molecule has 126 valence electrons. The van der Waals surface area contributed by atoms with Gasteiger partial charge in [0.2, 0.25) is 0 Å². The van der Waals surface area contributed by atoms with Crippen molar-refractivity contribution in [2.24, 2.45) is 0 Å². The van der Waals surface area contributed by atoms with E-state index in [1.807, 2.05) is 37.3 Å². The molecule has 0 aliphatic rings. The number of rotatable bonds is 6. The fraction of sp³-hybridized carbons (Fsp3) is 0.222. The summed E-state index contributed by atoms with van der Waals surface area (Å²) in [7, 11) is 0. The largest absolute Gasteiger partial charge is 0.455 e. The van der Waals surface area contributed by atoms with Crippen LogP contribution in [0.4, 0.5) is 14.5 Å². The molecule has 0 aliphatic heterocycles. The molecule has 0 heterocycles. The van der Waals surface area contributed by atoms with Gasteiger partial charge in [0, 0.05) is 11.8 Å². The summed E-state index contributed by atoms with van der Waals surface area (Å²) in [6.07, 6.45) is 0.527. The van der Waals surface area contributed by atoms with E-state index in [0.29, 0.717) is 12.5 Å². The molecule has 0 unspecified atom stereocenters. The number of halogens is 2. The van der Waals surface area contributed by atoms with Crippen LogP contribution in [0.2, 0.25) is 0 Å². The van der Waals surface area contributed by atoms with E-state index in [1.54, 1.807) is 0 Å². The van der Waals surface area contributed by atoms with Crippen LogP contribution in [0.1, 0.15) is 24.8 Å². The zero-order chi connectivity index (χ0) is 17.5. The normalized spacial score (nSPS) is 11.6. The van der Waals surface area contributed by atoms with Gasteiger partial charge < -0.3 is 10.1 Å². The topological polar surface area (TPSA) is 55.4 Å². The van der Waals surface area contributed by atoms with Crippen LogP contribution in [0.3, 0.4) is 0 Å². The van der Waals surface area contributed by atoms with Gasteiger partial charge in [0.1, 0.15) is 11.6 Å². The predicted molar refractivity (Wildman–Crippen MR) is 85.4 cm³/mol. The highest BCUT2D eigenvalue weighted by molar-refractivity contribution is 5.93. The second kappa shape index (κ2) is 8.19. The maximum absolute atomic E-state index is 13.1. The molecule has 1 N–H and O–H groups in total. The summed E-state index contributed by atoms with van der Waals surface area (Å²) in [6.45, 7) is 1.31. The van der Waals surface area contributed by atoms with Crippen LogP contribution in [-0.2, 0) is 14.3 Å². The van der Waals surface area contributed by atoms with Crippen molar-refractivity contribution in [3.8, 4) is 0 Å². The van der Waals surface area contributed by atoms with Gasteiger partial charge in [0.15, 0.2) is 6.61 Å². The molecule has 1 amide bonds. The zero-order valence-corrected chi connectivity index (χ0v) is 13.1. The van der Waals surface area contributed by atoms with Gasteiger partial charge in [-0.3, -0.25) is 9.59 Å². The molecule has 1 atom stereocenters. The standard InChI is InChI=1S/C18H17F2NO3/c1-2-16(12-6-4-3-5-7-12)18(23)24-11-17(22)21-15-9-13(19)8-14(20)10-15/h3-10,16H,2,11H2,1H3,(H,21,22)/t16-/m1/s1. The summed E-state index contributed by atoms with van der Waals surface area (Å²) in [5.41, 5.74) is 0.765. The van der Waals surface area contributed by atoms with Crippen molar-refractivity contribution in [3.05, 3.63) is 65.7 Å². The third-order valence-electron chi connectivity index (χ3n) is 3.39. The van der Waals surface area contributed by atoms with Crippen LogP contribution in [0, 0.1) is 11.6 Å². The van der Waals surface area contributed by atoms with E-state index in [1.165, 1.54) is 0 Å². The lowest BCUT2D eigenvalue weighted by atomic mass is 9.97. The first kappa shape index (κ1) is 17.6. The summed E-state index contributed by atoms with van der Waals surface area (Å²) in [5, 5.41) is 2.28. The number of benzene rings is 2. The lowest BCUT2D eigenvalue weighted by Crippen LogP contribution is -2.24. The monoisotopic (exact) mass is 333 g/mol. The number of esters is 1. The Morgan fingerprint density at radius 3 is 2.29 bits per heavy atom. The van der Waals surface area contributed by atoms with E-state index in [0.717, 1.165) is 17.7 Å². The van der Waals surface area contributed by atoms with Crippen LogP contribution in [0.5, 0.6) is 0 Å². The average molecular weight is 333 g/mol. The number of anilines is 1. The molecule has 24 heavy (non-hydrogen) atoms. The third kappa shape index (κ3) is 4.87. The number of hydrogen-bond acceptors (Lipinski definition) is 3. The number of hydrogen-bond donors (Lipinski definition) is 1. The van der Waals surface area contributed by atoms with Crippen molar-refractivity contribution in [3.63, 3.8) is 0 Å². The van der Waals surface area contributed by atoms with Gasteiger partial charge in [-0.2, -0.15) is 0 Å². The summed E-state index contributed by atoms with van der Waals surface area (Å²) in [6, 6.07) is 11.7. The quantitative estimate of drug-likeness (QED) is 0.821. The SMILES string of the molecule is CC[C@@H](C(=O)OCC(=O)Nc1cc(F)cc(F)c1)c1ccccc1. The zero-order valence-electron chi connectivity index (χ0n) is 13.1. The van der Waals surface area contributed by atoms with Gasteiger partial charge >= 0.3 is 5.97 Å². The Hall–Kier alpha value is -2.76. The second-order valence-corrected chi connectivity index (χ2v) is 5.19. The molecule has 2 aromatic rings. The Labute approximate surface area is 138 Å². The molecular formula is C18H17F2NO3. The molecule has 0 aliphatic carbocycles. The van der Waals surface area contributed by atoms with E-state index < -0.39 is 36.0 Å². The highest BCUT2D eigenvalue weighted by Crippen LogP contribution is 2.20. The minimum Gasteiger partial charge on any atom is -0.455 e. The first-order valence-electron chi connectivity index (χ1n) is 7.47. The average Bonchev–Trinajstić information content (AvgIpc) is 2.53. The fourth-order valence-electron chi connectivity index (χ4n) is 2.28.